The lowest BCUT2D eigenvalue weighted by atomic mass is 9.93. The summed E-state index contributed by atoms with van der Waals surface area (Å²) in [6, 6.07) is 7.37. The van der Waals surface area contributed by atoms with E-state index in [0.717, 1.165) is 0 Å². The number of aliphatic hydroxyl groups is 1. The fraction of sp³-hybridized carbons (Fsp3) is 0.458. The van der Waals surface area contributed by atoms with E-state index in [1.165, 1.54) is 10.9 Å². The third-order valence-corrected chi connectivity index (χ3v) is 6.98. The molecule has 2 unspecified atom stereocenters. The Hall–Kier alpha value is -4.01. The molecule has 0 spiro atoms. The molecule has 2 aromatic heterocycles. The average Bonchev–Trinajstić information content (AvgIpc) is 3.18. The lowest BCUT2D eigenvalue weighted by Crippen LogP contribution is -2.55. The molecule has 15 nitrogen and oxygen atoms in total. The molecular formula is C24H25ClN8O7. The molecule has 3 N–H and O–H groups in total. The molecule has 5 rings (SSSR count). The van der Waals surface area contributed by atoms with E-state index >= 15 is 0 Å². The Morgan fingerprint density at radius 3 is 2.55 bits per heavy atom. The van der Waals surface area contributed by atoms with Gasteiger partial charge in [-0.05, 0) is 36.5 Å². The summed E-state index contributed by atoms with van der Waals surface area (Å²) >= 11 is 5.97. The number of hydrogen-bond donors (Lipinski definition) is 2. The summed E-state index contributed by atoms with van der Waals surface area (Å²) in [7, 11) is 0. The highest BCUT2D eigenvalue weighted by atomic mass is 35.5. The molecule has 0 amide bonds. The fourth-order valence-electron chi connectivity index (χ4n) is 4.94. The van der Waals surface area contributed by atoms with E-state index in [-0.39, 0.29) is 41.9 Å². The van der Waals surface area contributed by atoms with Gasteiger partial charge in [-0.1, -0.05) is 35.4 Å². The Bertz CT molecular complexity index is 1480. The second kappa shape index (κ2) is 10.5. The predicted octanol–water partition coefficient (Wildman–Crippen LogP) is 1.88. The number of rotatable bonds is 10. The van der Waals surface area contributed by atoms with Crippen LogP contribution < -0.4 is 5.73 Å². The van der Waals surface area contributed by atoms with Crippen LogP contribution in [0.4, 0.5) is 5.82 Å². The Morgan fingerprint density at radius 1 is 1.25 bits per heavy atom. The Morgan fingerprint density at radius 2 is 1.93 bits per heavy atom. The van der Waals surface area contributed by atoms with Gasteiger partial charge in [-0.15, -0.1) is 0 Å². The molecule has 0 bridgehead atoms. The summed E-state index contributed by atoms with van der Waals surface area (Å²) in [5.41, 5.74) is 12.0. The second-order valence-electron chi connectivity index (χ2n) is 9.16. The molecule has 1 aliphatic carbocycles. The summed E-state index contributed by atoms with van der Waals surface area (Å²) in [6.45, 7) is 3.08. The minimum Gasteiger partial charge on any atom is -0.463 e. The van der Waals surface area contributed by atoms with E-state index in [4.69, 9.17) is 36.3 Å². The van der Waals surface area contributed by atoms with Crippen molar-refractivity contribution in [2.45, 2.75) is 55.9 Å². The minimum absolute atomic E-state index is 0.0201. The van der Waals surface area contributed by atoms with Gasteiger partial charge in [-0.2, -0.15) is 9.97 Å². The van der Waals surface area contributed by atoms with Crippen LogP contribution in [0, 0.1) is 0 Å². The minimum atomic E-state index is -2.28. The van der Waals surface area contributed by atoms with Crippen LogP contribution in [0.15, 0.2) is 41.8 Å². The van der Waals surface area contributed by atoms with Crippen LogP contribution in [0.1, 0.15) is 25.6 Å². The monoisotopic (exact) mass is 572 g/mol. The molecule has 210 valence electrons. The van der Waals surface area contributed by atoms with Gasteiger partial charge in [0, 0.05) is 11.3 Å². The molecule has 40 heavy (non-hydrogen) atoms. The van der Waals surface area contributed by atoms with Crippen molar-refractivity contribution in [2.75, 3.05) is 18.9 Å². The molecule has 1 aliphatic heterocycles. The van der Waals surface area contributed by atoms with Crippen molar-refractivity contribution in [2.24, 2.45) is 5.11 Å². The number of anilines is 1. The number of nitrogens with two attached hydrogens (primary N) is 1. The van der Waals surface area contributed by atoms with E-state index in [0.29, 0.717) is 5.56 Å². The number of ether oxygens (including phenoxy) is 4. The van der Waals surface area contributed by atoms with Gasteiger partial charge in [0.1, 0.15) is 35.6 Å². The summed E-state index contributed by atoms with van der Waals surface area (Å²) in [5.74, 6) is -1.97. The van der Waals surface area contributed by atoms with E-state index in [2.05, 4.69) is 25.0 Å². The second-order valence-corrected chi connectivity index (χ2v) is 9.49. The van der Waals surface area contributed by atoms with Crippen LogP contribution in [0.2, 0.25) is 5.28 Å². The largest absolute Gasteiger partial charge is 0.463 e. The van der Waals surface area contributed by atoms with Gasteiger partial charge in [0.15, 0.2) is 11.5 Å². The number of benzene rings is 1. The predicted molar refractivity (Wildman–Crippen MR) is 138 cm³/mol. The van der Waals surface area contributed by atoms with Crippen LogP contribution in [0.5, 0.6) is 0 Å². The lowest BCUT2D eigenvalue weighted by molar-refractivity contribution is -0.199. The quantitative estimate of drug-likeness (QED) is 0.0893. The maximum Gasteiger partial charge on any atom is 0.350 e. The molecule has 2 aliphatic rings. The first kappa shape index (κ1) is 27.6. The molecule has 16 heteroatoms. The molecule has 1 saturated heterocycles. The number of esters is 2. The molecule has 1 aromatic carbocycles. The molecule has 3 heterocycles. The summed E-state index contributed by atoms with van der Waals surface area (Å²) in [5, 5.41) is 15.3. The fourth-order valence-corrected chi connectivity index (χ4v) is 5.11. The first-order chi connectivity index (χ1) is 19.2. The molecule has 2 fully saturated rings. The van der Waals surface area contributed by atoms with Crippen molar-refractivity contribution in [3.8, 4) is 0 Å². The topological polar surface area (TPSA) is 210 Å². The maximum atomic E-state index is 13.3. The van der Waals surface area contributed by atoms with Crippen LogP contribution in [-0.2, 0) is 35.0 Å². The SMILES string of the molecule is CCOC(=O)C(Cc1ccccc1)(OC1[C@H]2O[C@@H](n3cnc4c(N)nc(Cl)nc43)C(N=[N+]=[N-])[C@@]12O)C(=O)OCC. The number of nitrogens with zero attached hydrogens (tertiary/aromatic N) is 7. The number of nitrogen functional groups attached to an aromatic ring is 1. The highest BCUT2D eigenvalue weighted by molar-refractivity contribution is 6.28. The number of hydrogen-bond acceptors (Lipinski definition) is 12. The smallest absolute Gasteiger partial charge is 0.350 e. The highest BCUT2D eigenvalue weighted by Gasteiger charge is 2.79. The van der Waals surface area contributed by atoms with Crippen molar-refractivity contribution in [3.05, 3.63) is 57.9 Å². The highest BCUT2D eigenvalue weighted by Crippen LogP contribution is 2.58. The number of azide groups is 1. The zero-order valence-corrected chi connectivity index (χ0v) is 22.1. The van der Waals surface area contributed by atoms with Gasteiger partial charge in [0.05, 0.1) is 19.5 Å². The summed E-state index contributed by atoms with van der Waals surface area (Å²) < 4.78 is 24.0. The molecule has 3 aromatic rings. The van der Waals surface area contributed by atoms with Gasteiger partial charge < -0.3 is 29.8 Å². The van der Waals surface area contributed by atoms with E-state index in [9.17, 15) is 20.2 Å². The summed E-state index contributed by atoms with van der Waals surface area (Å²) in [4.78, 5) is 41.7. The molecule has 0 radical (unpaired) electrons. The molecular weight excluding hydrogens is 548 g/mol. The van der Waals surface area contributed by atoms with Gasteiger partial charge in [0.2, 0.25) is 5.28 Å². The van der Waals surface area contributed by atoms with Gasteiger partial charge in [0.25, 0.3) is 5.60 Å². The number of carbonyl (C=O) groups is 2. The molecule has 1 saturated carbocycles. The van der Waals surface area contributed by atoms with Crippen molar-refractivity contribution >= 4 is 40.5 Å². The van der Waals surface area contributed by atoms with E-state index in [1.807, 2.05) is 0 Å². The molecule has 5 atom stereocenters. The Labute approximate surface area is 231 Å². The van der Waals surface area contributed by atoms with Crippen molar-refractivity contribution < 1.29 is 33.6 Å². The van der Waals surface area contributed by atoms with Gasteiger partial charge in [-0.25, -0.2) is 14.6 Å². The lowest BCUT2D eigenvalue weighted by Gasteiger charge is -2.32. The van der Waals surface area contributed by atoms with Crippen molar-refractivity contribution in [1.29, 1.82) is 0 Å². The van der Waals surface area contributed by atoms with Crippen molar-refractivity contribution in [1.82, 2.24) is 19.5 Å². The third-order valence-electron chi connectivity index (χ3n) is 6.81. The summed E-state index contributed by atoms with van der Waals surface area (Å²) in [6.07, 6.45) is -2.40. The number of aromatic nitrogens is 4. The zero-order chi connectivity index (χ0) is 28.7. The third kappa shape index (κ3) is 4.37. The van der Waals surface area contributed by atoms with Gasteiger partial charge >= 0.3 is 11.9 Å². The maximum absolute atomic E-state index is 13.3. The standard InChI is InChI=1S/C24H25ClN8O7/c1-3-37-20(34)23(21(35)38-4-2,10-12-8-6-5-7-9-12)40-16-15-24(16,36)14(31-32-27)19(39-15)33-11-28-13-17(26)29-22(25)30-18(13)33/h5-9,11,14-16,19,36H,3-4,10H2,1-2H3,(H2,26,29,30)/t14?,15-,16?,19-,24+/m1/s1. The van der Waals surface area contributed by atoms with Crippen LogP contribution in [0.25, 0.3) is 21.6 Å². The first-order valence-electron chi connectivity index (χ1n) is 12.3. The van der Waals surface area contributed by atoms with Crippen molar-refractivity contribution in [3.63, 3.8) is 0 Å². The zero-order valence-electron chi connectivity index (χ0n) is 21.4. The number of imidazole rings is 1. The number of carbonyl (C=O) groups excluding carboxylic acids is 2. The van der Waals surface area contributed by atoms with Crippen LogP contribution in [-0.4, -0.2) is 79.2 Å². The normalized spacial score (nSPS) is 25.2. The average molecular weight is 573 g/mol. The Balaban J connectivity index is 1.51. The van der Waals surface area contributed by atoms with Crippen LogP contribution in [0.3, 0.4) is 0 Å². The van der Waals surface area contributed by atoms with Gasteiger partial charge in [-0.3, -0.25) is 4.57 Å². The Kier molecular flexibility index (Phi) is 7.25. The number of halogens is 1. The van der Waals surface area contributed by atoms with E-state index in [1.54, 1.807) is 44.2 Å². The number of fused-ring (bicyclic) bond motifs is 2. The van der Waals surface area contributed by atoms with Crippen LogP contribution >= 0.6 is 11.6 Å². The first-order valence-corrected chi connectivity index (χ1v) is 12.7. The van der Waals surface area contributed by atoms with E-state index < -0.39 is 47.6 Å².